The maximum Gasteiger partial charge on any atom is 0.326 e. The molecule has 0 saturated carbocycles. The van der Waals surface area contributed by atoms with Crippen LogP contribution < -0.4 is 10.1 Å². The number of methoxy groups -OCH3 is 1. The molecule has 0 fully saturated rings. The lowest BCUT2D eigenvalue weighted by molar-refractivity contribution is -0.139. The minimum atomic E-state index is -1.28. The molecule has 2 aromatic rings. The van der Waals surface area contributed by atoms with Crippen LogP contribution in [0.2, 0.25) is 5.02 Å². The summed E-state index contributed by atoms with van der Waals surface area (Å²) >= 11 is 5.99. The number of carbonyl (C=O) groups is 2. The first-order chi connectivity index (χ1) is 11.8. The van der Waals surface area contributed by atoms with E-state index >= 15 is 0 Å². The molecule has 5 nitrogen and oxygen atoms in total. The van der Waals surface area contributed by atoms with Gasteiger partial charge in [0.1, 0.15) is 11.8 Å². The molecule has 0 unspecified atom stereocenters. The fourth-order valence-corrected chi connectivity index (χ4v) is 2.43. The summed E-state index contributed by atoms with van der Waals surface area (Å²) in [6, 6.07) is 6.01. The summed E-state index contributed by atoms with van der Waals surface area (Å²) in [6.07, 6.45) is -0.0472. The van der Waals surface area contributed by atoms with E-state index in [1.807, 2.05) is 0 Å². The van der Waals surface area contributed by atoms with Gasteiger partial charge in [0.05, 0.1) is 12.1 Å². The summed E-state index contributed by atoms with van der Waals surface area (Å²) in [6.45, 7) is 0. The van der Waals surface area contributed by atoms with Gasteiger partial charge in [0.2, 0.25) is 0 Å². The highest BCUT2D eigenvalue weighted by Crippen LogP contribution is 2.25. The number of amides is 1. The van der Waals surface area contributed by atoms with E-state index in [1.165, 1.54) is 13.2 Å². The lowest BCUT2D eigenvalue weighted by Gasteiger charge is -2.15. The lowest BCUT2D eigenvalue weighted by atomic mass is 10.0. The zero-order valence-electron chi connectivity index (χ0n) is 13.1. The molecule has 0 aliphatic heterocycles. The normalized spacial score (nSPS) is 11.7. The monoisotopic (exact) mass is 369 g/mol. The molecular weight excluding hydrogens is 356 g/mol. The number of hydrogen-bond donors (Lipinski definition) is 2. The van der Waals surface area contributed by atoms with Crippen molar-refractivity contribution < 1.29 is 28.2 Å². The third-order valence-corrected chi connectivity index (χ3v) is 3.74. The minimum Gasteiger partial charge on any atom is -0.495 e. The quantitative estimate of drug-likeness (QED) is 0.820. The Balaban J connectivity index is 2.15. The van der Waals surface area contributed by atoms with Crippen LogP contribution in [0.5, 0.6) is 5.75 Å². The van der Waals surface area contributed by atoms with Gasteiger partial charge in [0.25, 0.3) is 5.91 Å². The fourth-order valence-electron chi connectivity index (χ4n) is 2.15. The maximum atomic E-state index is 13.2. The highest BCUT2D eigenvalue weighted by Gasteiger charge is 2.22. The maximum absolute atomic E-state index is 13.2. The Kier molecular flexibility index (Phi) is 5.93. The zero-order valence-corrected chi connectivity index (χ0v) is 13.8. The largest absolute Gasteiger partial charge is 0.495 e. The fraction of sp³-hybridized carbons (Fsp3) is 0.176. The van der Waals surface area contributed by atoms with Gasteiger partial charge in [-0.1, -0.05) is 17.7 Å². The van der Waals surface area contributed by atoms with Gasteiger partial charge in [-0.05, 0) is 35.9 Å². The number of aliphatic carboxylic acids is 1. The first kappa shape index (κ1) is 18.7. The van der Waals surface area contributed by atoms with Crippen LogP contribution in [-0.4, -0.2) is 30.1 Å². The number of rotatable bonds is 6. The lowest BCUT2D eigenvalue weighted by Crippen LogP contribution is -2.42. The van der Waals surface area contributed by atoms with Gasteiger partial charge in [-0.25, -0.2) is 13.6 Å². The minimum absolute atomic E-state index is 0.0472. The van der Waals surface area contributed by atoms with Crippen molar-refractivity contribution in [3.8, 4) is 5.75 Å². The van der Waals surface area contributed by atoms with E-state index < -0.39 is 29.6 Å². The van der Waals surface area contributed by atoms with Crippen LogP contribution in [0, 0.1) is 11.6 Å². The number of benzene rings is 2. The number of ether oxygens (including phenoxy) is 1. The van der Waals surface area contributed by atoms with Crippen molar-refractivity contribution in [2.24, 2.45) is 0 Å². The van der Waals surface area contributed by atoms with Crippen LogP contribution in [0.1, 0.15) is 15.9 Å². The van der Waals surface area contributed by atoms with Crippen LogP contribution in [0.3, 0.4) is 0 Å². The standard InChI is InChI=1S/C17H14ClF2NO4/c1-25-15-5-2-9(6-11(15)18)7-14(17(23)24)21-16(22)10-3-4-12(19)13(20)8-10/h2-6,8,14H,7H2,1H3,(H,21,22)(H,23,24)/t14-/m1/s1. The molecule has 1 amide bonds. The van der Waals surface area contributed by atoms with Crippen LogP contribution in [0.15, 0.2) is 36.4 Å². The van der Waals surface area contributed by atoms with Crippen LogP contribution >= 0.6 is 11.6 Å². The van der Waals surface area contributed by atoms with Crippen LogP contribution in [-0.2, 0) is 11.2 Å². The molecule has 2 rings (SSSR count). The molecule has 0 aromatic heterocycles. The Morgan fingerprint density at radius 3 is 2.48 bits per heavy atom. The van der Waals surface area contributed by atoms with Gasteiger partial charge in [-0.2, -0.15) is 0 Å². The molecule has 0 heterocycles. The molecule has 0 spiro atoms. The van der Waals surface area contributed by atoms with Gasteiger partial charge >= 0.3 is 5.97 Å². The zero-order chi connectivity index (χ0) is 18.6. The number of nitrogens with one attached hydrogen (secondary N) is 1. The van der Waals surface area contributed by atoms with E-state index in [0.29, 0.717) is 22.4 Å². The first-order valence-corrected chi connectivity index (χ1v) is 7.50. The smallest absolute Gasteiger partial charge is 0.326 e. The highest BCUT2D eigenvalue weighted by molar-refractivity contribution is 6.32. The molecule has 0 bridgehead atoms. The predicted molar refractivity (Wildman–Crippen MR) is 87.0 cm³/mol. The third-order valence-electron chi connectivity index (χ3n) is 3.44. The Labute approximate surface area is 147 Å². The van der Waals surface area contributed by atoms with Crippen molar-refractivity contribution >= 4 is 23.5 Å². The van der Waals surface area contributed by atoms with Crippen LogP contribution in [0.4, 0.5) is 8.78 Å². The topological polar surface area (TPSA) is 75.6 Å². The summed E-state index contributed by atoms with van der Waals surface area (Å²) in [7, 11) is 1.45. The summed E-state index contributed by atoms with van der Waals surface area (Å²) in [5.74, 6) is -3.96. The van der Waals surface area contributed by atoms with Gasteiger partial charge in [0, 0.05) is 12.0 Å². The van der Waals surface area contributed by atoms with Crippen molar-refractivity contribution in [3.63, 3.8) is 0 Å². The molecule has 0 saturated heterocycles. The number of carbonyl (C=O) groups excluding carboxylic acids is 1. The van der Waals surface area contributed by atoms with Crippen LogP contribution in [0.25, 0.3) is 0 Å². The number of carboxylic acids is 1. The summed E-state index contributed by atoms with van der Waals surface area (Å²) in [5.41, 5.74) is 0.377. The molecule has 0 radical (unpaired) electrons. The predicted octanol–water partition coefficient (Wildman–Crippen LogP) is 3.05. The molecule has 8 heteroatoms. The van der Waals surface area contributed by atoms with E-state index in [0.717, 1.165) is 12.1 Å². The average Bonchev–Trinajstić information content (AvgIpc) is 2.56. The van der Waals surface area contributed by atoms with Crippen molar-refractivity contribution in [3.05, 3.63) is 64.2 Å². The van der Waals surface area contributed by atoms with Crippen molar-refractivity contribution in [1.29, 1.82) is 0 Å². The van der Waals surface area contributed by atoms with Crippen molar-refractivity contribution in [2.75, 3.05) is 7.11 Å². The molecule has 0 aliphatic rings. The van der Waals surface area contributed by atoms with Gasteiger partial charge < -0.3 is 15.2 Å². The Bertz CT molecular complexity index is 813. The summed E-state index contributed by atoms with van der Waals surface area (Å²) < 4.78 is 31.1. The second-order valence-electron chi connectivity index (χ2n) is 5.17. The Morgan fingerprint density at radius 1 is 1.20 bits per heavy atom. The van der Waals surface area contributed by atoms with E-state index in [-0.39, 0.29) is 12.0 Å². The van der Waals surface area contributed by atoms with E-state index in [4.69, 9.17) is 16.3 Å². The summed E-state index contributed by atoms with van der Waals surface area (Å²) in [5, 5.41) is 11.9. The van der Waals surface area contributed by atoms with Gasteiger partial charge in [-0.15, -0.1) is 0 Å². The second-order valence-corrected chi connectivity index (χ2v) is 5.57. The average molecular weight is 370 g/mol. The molecule has 2 N–H and O–H groups in total. The first-order valence-electron chi connectivity index (χ1n) is 7.13. The van der Waals surface area contributed by atoms with E-state index in [1.54, 1.807) is 12.1 Å². The highest BCUT2D eigenvalue weighted by atomic mass is 35.5. The molecular formula is C17H14ClF2NO4. The van der Waals surface area contributed by atoms with Gasteiger partial charge in [-0.3, -0.25) is 4.79 Å². The summed E-state index contributed by atoms with van der Waals surface area (Å²) in [4.78, 5) is 23.5. The Hall–Kier alpha value is -2.67. The molecule has 1 atom stereocenters. The SMILES string of the molecule is COc1ccc(C[C@@H](NC(=O)c2ccc(F)c(F)c2)C(=O)O)cc1Cl. The molecule has 0 aliphatic carbocycles. The van der Waals surface area contributed by atoms with E-state index in [2.05, 4.69) is 5.32 Å². The Morgan fingerprint density at radius 2 is 1.92 bits per heavy atom. The molecule has 25 heavy (non-hydrogen) atoms. The van der Waals surface area contributed by atoms with E-state index in [9.17, 15) is 23.5 Å². The number of halogens is 3. The number of carboxylic acid groups (broad SMARTS) is 1. The van der Waals surface area contributed by atoms with Gasteiger partial charge in [0.15, 0.2) is 11.6 Å². The number of hydrogen-bond acceptors (Lipinski definition) is 3. The molecule has 2 aromatic carbocycles. The van der Waals surface area contributed by atoms with Crippen molar-refractivity contribution in [1.82, 2.24) is 5.32 Å². The molecule has 132 valence electrons. The third kappa shape index (κ3) is 4.67. The van der Waals surface area contributed by atoms with Crippen molar-refractivity contribution in [2.45, 2.75) is 12.5 Å². The second kappa shape index (κ2) is 7.94.